The van der Waals surface area contributed by atoms with Crippen molar-refractivity contribution < 1.29 is 4.79 Å². The van der Waals surface area contributed by atoms with Crippen LogP contribution < -0.4 is 5.32 Å². The fourth-order valence-electron chi connectivity index (χ4n) is 1.93. The number of hydrogen-bond acceptors (Lipinski definition) is 1. The third-order valence-corrected chi connectivity index (χ3v) is 2.94. The second-order valence-electron chi connectivity index (χ2n) is 4.34. The van der Waals surface area contributed by atoms with Crippen LogP contribution in [0.3, 0.4) is 0 Å². The molecule has 0 bridgehead atoms. The molecule has 2 aromatic rings. The Hall–Kier alpha value is -1.77. The van der Waals surface area contributed by atoms with E-state index in [1.807, 2.05) is 35.0 Å². The lowest BCUT2D eigenvalue weighted by atomic mass is 10.2. The summed E-state index contributed by atoms with van der Waals surface area (Å²) in [6, 6.07) is 10.6. The van der Waals surface area contributed by atoms with Gasteiger partial charge >= 0.3 is 0 Å². The first-order valence-corrected chi connectivity index (χ1v) is 5.66. The molecule has 1 N–H and O–H groups in total. The highest BCUT2D eigenvalue weighted by Gasteiger charge is 2.23. The lowest BCUT2D eigenvalue weighted by molar-refractivity contribution is -0.121. The van der Waals surface area contributed by atoms with Gasteiger partial charge in [0.2, 0.25) is 5.91 Å². The van der Waals surface area contributed by atoms with Gasteiger partial charge in [0.15, 0.2) is 0 Å². The quantitative estimate of drug-likeness (QED) is 0.832. The minimum Gasteiger partial charge on any atom is -0.352 e. The average molecular weight is 214 g/mol. The third kappa shape index (κ3) is 1.81. The SMILES string of the molecule is O=C(Cn1ccc2ccccc21)NC1CC1. The molecule has 3 nitrogen and oxygen atoms in total. The van der Waals surface area contributed by atoms with Gasteiger partial charge in [0, 0.05) is 17.8 Å². The molecular weight excluding hydrogens is 200 g/mol. The van der Waals surface area contributed by atoms with E-state index in [1.165, 1.54) is 5.39 Å². The van der Waals surface area contributed by atoms with E-state index < -0.39 is 0 Å². The number of para-hydroxylation sites is 1. The van der Waals surface area contributed by atoms with Crippen molar-refractivity contribution in [1.82, 2.24) is 9.88 Å². The first kappa shape index (κ1) is 9.46. The van der Waals surface area contributed by atoms with E-state index in [0.29, 0.717) is 12.6 Å². The van der Waals surface area contributed by atoms with Crippen LogP contribution in [0, 0.1) is 0 Å². The van der Waals surface area contributed by atoms with Gasteiger partial charge in [-0.3, -0.25) is 4.79 Å². The van der Waals surface area contributed by atoms with Crippen molar-refractivity contribution in [1.29, 1.82) is 0 Å². The number of fused-ring (bicyclic) bond motifs is 1. The van der Waals surface area contributed by atoms with Crippen LogP contribution in [0.4, 0.5) is 0 Å². The average Bonchev–Trinajstić information content (AvgIpc) is 3.00. The van der Waals surface area contributed by atoms with Crippen molar-refractivity contribution in [3.05, 3.63) is 36.5 Å². The van der Waals surface area contributed by atoms with E-state index in [4.69, 9.17) is 0 Å². The Morgan fingerprint density at radius 2 is 2.12 bits per heavy atom. The molecule has 1 heterocycles. The summed E-state index contributed by atoms with van der Waals surface area (Å²) in [5.41, 5.74) is 1.12. The Kier molecular flexibility index (Phi) is 2.17. The van der Waals surface area contributed by atoms with Crippen molar-refractivity contribution in [2.45, 2.75) is 25.4 Å². The van der Waals surface area contributed by atoms with Gasteiger partial charge in [-0.05, 0) is 30.4 Å². The normalized spacial score (nSPS) is 15.2. The van der Waals surface area contributed by atoms with Crippen LogP contribution in [0.5, 0.6) is 0 Å². The zero-order chi connectivity index (χ0) is 11.0. The first-order chi connectivity index (χ1) is 7.83. The Bertz CT molecular complexity index is 525. The van der Waals surface area contributed by atoms with Crippen molar-refractivity contribution in [3.63, 3.8) is 0 Å². The van der Waals surface area contributed by atoms with E-state index in [-0.39, 0.29) is 5.91 Å². The van der Waals surface area contributed by atoms with E-state index in [1.54, 1.807) is 0 Å². The lowest BCUT2D eigenvalue weighted by Crippen LogP contribution is -2.28. The molecule has 0 radical (unpaired) electrons. The highest BCUT2D eigenvalue weighted by molar-refractivity contribution is 5.83. The Morgan fingerprint density at radius 3 is 2.94 bits per heavy atom. The van der Waals surface area contributed by atoms with E-state index in [2.05, 4.69) is 11.4 Å². The monoisotopic (exact) mass is 214 g/mol. The molecule has 0 aliphatic heterocycles. The van der Waals surface area contributed by atoms with Crippen LogP contribution in [0.1, 0.15) is 12.8 Å². The minimum absolute atomic E-state index is 0.115. The number of carbonyl (C=O) groups is 1. The molecule has 0 atom stereocenters. The van der Waals surface area contributed by atoms with E-state index >= 15 is 0 Å². The maximum Gasteiger partial charge on any atom is 0.240 e. The number of nitrogens with zero attached hydrogens (tertiary/aromatic N) is 1. The maximum absolute atomic E-state index is 11.7. The second-order valence-corrected chi connectivity index (χ2v) is 4.34. The number of aromatic nitrogens is 1. The molecular formula is C13H14N2O. The lowest BCUT2D eigenvalue weighted by Gasteiger charge is -2.05. The van der Waals surface area contributed by atoms with Crippen LogP contribution in [0.25, 0.3) is 10.9 Å². The number of amides is 1. The summed E-state index contributed by atoms with van der Waals surface area (Å²) in [4.78, 5) is 11.7. The molecule has 0 unspecified atom stereocenters. The molecule has 0 spiro atoms. The highest BCUT2D eigenvalue weighted by atomic mass is 16.2. The smallest absolute Gasteiger partial charge is 0.240 e. The van der Waals surface area contributed by atoms with E-state index in [0.717, 1.165) is 18.4 Å². The molecule has 1 aromatic heterocycles. The minimum atomic E-state index is 0.115. The van der Waals surface area contributed by atoms with E-state index in [9.17, 15) is 4.79 Å². The molecule has 0 saturated heterocycles. The zero-order valence-corrected chi connectivity index (χ0v) is 9.02. The Labute approximate surface area is 94.1 Å². The van der Waals surface area contributed by atoms with Crippen LogP contribution in [0.2, 0.25) is 0 Å². The van der Waals surface area contributed by atoms with Gasteiger partial charge in [-0.2, -0.15) is 0 Å². The molecule has 3 rings (SSSR count). The van der Waals surface area contributed by atoms with Crippen LogP contribution in [-0.4, -0.2) is 16.5 Å². The Morgan fingerprint density at radius 1 is 1.31 bits per heavy atom. The van der Waals surface area contributed by atoms with Gasteiger partial charge in [-0.15, -0.1) is 0 Å². The molecule has 82 valence electrons. The fourth-order valence-corrected chi connectivity index (χ4v) is 1.93. The number of benzene rings is 1. The van der Waals surface area contributed by atoms with Gasteiger partial charge in [0.05, 0.1) is 0 Å². The molecule has 1 aliphatic rings. The predicted molar refractivity (Wildman–Crippen MR) is 63.1 cm³/mol. The zero-order valence-electron chi connectivity index (χ0n) is 9.02. The van der Waals surface area contributed by atoms with Crippen LogP contribution in [-0.2, 0) is 11.3 Å². The number of nitrogens with one attached hydrogen (secondary N) is 1. The number of hydrogen-bond donors (Lipinski definition) is 1. The predicted octanol–water partition coefficient (Wildman–Crippen LogP) is 1.92. The van der Waals surface area contributed by atoms with Gasteiger partial charge in [0.1, 0.15) is 6.54 Å². The summed E-state index contributed by atoms with van der Waals surface area (Å²) in [7, 11) is 0. The molecule has 3 heteroatoms. The molecule has 1 aliphatic carbocycles. The highest BCUT2D eigenvalue weighted by Crippen LogP contribution is 2.19. The van der Waals surface area contributed by atoms with Crippen LogP contribution >= 0.6 is 0 Å². The number of carbonyl (C=O) groups excluding carboxylic acids is 1. The molecule has 1 fully saturated rings. The summed E-state index contributed by atoms with van der Waals surface area (Å²) < 4.78 is 1.99. The van der Waals surface area contributed by atoms with Crippen molar-refractivity contribution >= 4 is 16.8 Å². The van der Waals surface area contributed by atoms with Crippen molar-refractivity contribution in [2.24, 2.45) is 0 Å². The second kappa shape index (κ2) is 3.67. The molecule has 1 amide bonds. The maximum atomic E-state index is 11.7. The first-order valence-electron chi connectivity index (χ1n) is 5.66. The standard InChI is InChI=1S/C13H14N2O/c16-13(14-11-5-6-11)9-15-8-7-10-3-1-2-4-12(10)15/h1-4,7-8,11H,5-6,9H2,(H,14,16). The summed E-state index contributed by atoms with van der Waals surface area (Å²) in [6.07, 6.45) is 4.24. The van der Waals surface area contributed by atoms with Crippen molar-refractivity contribution in [3.8, 4) is 0 Å². The summed E-state index contributed by atoms with van der Waals surface area (Å²) in [5.74, 6) is 0.115. The summed E-state index contributed by atoms with van der Waals surface area (Å²) in [6.45, 7) is 0.421. The number of rotatable bonds is 3. The third-order valence-electron chi connectivity index (χ3n) is 2.94. The fraction of sp³-hybridized carbons (Fsp3) is 0.308. The molecule has 1 saturated carbocycles. The van der Waals surface area contributed by atoms with Gasteiger partial charge < -0.3 is 9.88 Å². The van der Waals surface area contributed by atoms with Crippen LogP contribution in [0.15, 0.2) is 36.5 Å². The largest absolute Gasteiger partial charge is 0.352 e. The molecule has 16 heavy (non-hydrogen) atoms. The van der Waals surface area contributed by atoms with Gasteiger partial charge in [0.25, 0.3) is 0 Å². The Balaban J connectivity index is 1.80. The van der Waals surface area contributed by atoms with Gasteiger partial charge in [-0.1, -0.05) is 18.2 Å². The van der Waals surface area contributed by atoms with Crippen molar-refractivity contribution in [2.75, 3.05) is 0 Å². The van der Waals surface area contributed by atoms with Gasteiger partial charge in [-0.25, -0.2) is 0 Å². The summed E-state index contributed by atoms with van der Waals surface area (Å²) in [5, 5.41) is 4.18. The summed E-state index contributed by atoms with van der Waals surface area (Å²) >= 11 is 0. The molecule has 1 aromatic carbocycles. The topological polar surface area (TPSA) is 34.0 Å².